The van der Waals surface area contributed by atoms with Crippen LogP contribution in [0, 0.1) is 11.6 Å². The minimum atomic E-state index is -0.412. The Balaban J connectivity index is 1.49. The average molecular weight is 640 g/mol. The Morgan fingerprint density at radius 3 is 2.37 bits per heavy atom. The van der Waals surface area contributed by atoms with Crippen molar-refractivity contribution in [3.8, 4) is 45.1 Å². The number of fused-ring (bicyclic) bond motifs is 5. The van der Waals surface area contributed by atoms with Gasteiger partial charge in [-0.25, -0.2) is 13.8 Å². The van der Waals surface area contributed by atoms with E-state index in [4.69, 9.17) is 24.2 Å². The van der Waals surface area contributed by atoms with Crippen molar-refractivity contribution >= 4 is 27.3 Å². The largest absolute Gasteiger partial charge is 0.493 e. The van der Waals surface area contributed by atoms with Gasteiger partial charge in [0.1, 0.15) is 23.1 Å². The standard InChI is InChI=1S/C36H31F2N3O4S/c1-2-32(42)41-11-9-29-23(21-41)17-22(20-39-29)34-33-26-7-5-24(37)18-30(26)44-14-3-12-43-13-4-15-45-31-19-25(38)6-8-27(31)35(40-34)28-10-16-46-36(28)33/h2,5-8,10,16-20H,1,3-4,9,11-15,21H2. The molecule has 0 atom stereocenters. The quantitative estimate of drug-likeness (QED) is 0.185. The summed E-state index contributed by atoms with van der Waals surface area (Å²) in [6.45, 7) is 6.22. The van der Waals surface area contributed by atoms with Crippen molar-refractivity contribution in [3.63, 3.8) is 0 Å². The van der Waals surface area contributed by atoms with Crippen molar-refractivity contribution in [1.82, 2.24) is 14.9 Å². The molecule has 5 heterocycles. The van der Waals surface area contributed by atoms with Gasteiger partial charge in [-0.15, -0.1) is 11.3 Å². The molecule has 7 nitrogen and oxygen atoms in total. The van der Waals surface area contributed by atoms with Crippen LogP contribution in [0.3, 0.4) is 0 Å². The lowest BCUT2D eigenvalue weighted by Crippen LogP contribution is -2.35. The van der Waals surface area contributed by atoms with Crippen LogP contribution in [0.5, 0.6) is 11.5 Å². The number of nitrogens with zero attached hydrogens (tertiary/aromatic N) is 3. The fraction of sp³-hybridized carbons (Fsp3) is 0.250. The summed E-state index contributed by atoms with van der Waals surface area (Å²) in [6, 6.07) is 13.0. The second-order valence-corrected chi connectivity index (χ2v) is 12.1. The highest BCUT2D eigenvalue weighted by molar-refractivity contribution is 7.18. The number of rotatable bonds is 2. The highest BCUT2D eigenvalue weighted by Crippen LogP contribution is 2.47. The van der Waals surface area contributed by atoms with Gasteiger partial charge in [0, 0.05) is 102 Å². The van der Waals surface area contributed by atoms with Gasteiger partial charge in [0.2, 0.25) is 5.91 Å². The molecule has 3 aromatic heterocycles. The molecule has 234 valence electrons. The number of pyridine rings is 2. The Hall–Kier alpha value is -4.67. The number of aromatic nitrogens is 2. The molecule has 0 spiro atoms. The molecule has 46 heavy (non-hydrogen) atoms. The second kappa shape index (κ2) is 13.0. The molecule has 0 aliphatic carbocycles. The summed E-state index contributed by atoms with van der Waals surface area (Å²) in [6.07, 6.45) is 4.97. The molecule has 0 radical (unpaired) electrons. The Labute approximate surface area is 269 Å². The number of carbonyl (C=O) groups excluding carboxylic acids is 1. The van der Waals surface area contributed by atoms with Crippen molar-refractivity contribution in [2.24, 2.45) is 0 Å². The highest BCUT2D eigenvalue weighted by atomic mass is 32.1. The molecule has 2 aromatic carbocycles. The van der Waals surface area contributed by atoms with Crippen molar-refractivity contribution in [2.45, 2.75) is 25.8 Å². The van der Waals surface area contributed by atoms with Crippen LogP contribution in [-0.2, 0) is 22.5 Å². The van der Waals surface area contributed by atoms with Crippen molar-refractivity contribution < 1.29 is 27.8 Å². The first kappa shape index (κ1) is 30.0. The highest BCUT2D eigenvalue weighted by Gasteiger charge is 2.26. The SMILES string of the molecule is C=CC(=O)N1CCc2ncc(-c3nc4c5ccsc5c3-c3ccc(F)cc3OCCCOCCCOc3cc(F)ccc3-4)cc2C1. The first-order valence-corrected chi connectivity index (χ1v) is 16.1. The van der Waals surface area contributed by atoms with E-state index in [1.807, 2.05) is 17.5 Å². The van der Waals surface area contributed by atoms with Gasteiger partial charge in [-0.3, -0.25) is 9.78 Å². The van der Waals surface area contributed by atoms with Crippen molar-refractivity contribution in [3.05, 3.63) is 95.7 Å². The van der Waals surface area contributed by atoms with E-state index in [1.54, 1.807) is 23.2 Å². The summed E-state index contributed by atoms with van der Waals surface area (Å²) >= 11 is 1.53. The Kier molecular flexibility index (Phi) is 8.47. The van der Waals surface area contributed by atoms with Gasteiger partial charge in [0.15, 0.2) is 0 Å². The van der Waals surface area contributed by atoms with Crippen LogP contribution in [0.25, 0.3) is 43.7 Å². The zero-order valence-electron chi connectivity index (χ0n) is 25.1. The zero-order chi connectivity index (χ0) is 31.6. The number of halogens is 2. The molecule has 7 rings (SSSR count). The molecule has 10 heteroatoms. The van der Waals surface area contributed by atoms with Crippen molar-refractivity contribution in [1.29, 1.82) is 0 Å². The van der Waals surface area contributed by atoms with E-state index in [-0.39, 0.29) is 5.91 Å². The lowest BCUT2D eigenvalue weighted by molar-refractivity contribution is -0.126. The van der Waals surface area contributed by atoms with Crippen LogP contribution in [-0.4, -0.2) is 53.7 Å². The topological polar surface area (TPSA) is 73.8 Å². The summed E-state index contributed by atoms with van der Waals surface area (Å²) in [7, 11) is 0. The summed E-state index contributed by atoms with van der Waals surface area (Å²) < 4.78 is 48.2. The molecular formula is C36H31F2N3O4S. The van der Waals surface area contributed by atoms with Crippen LogP contribution in [0.15, 0.2) is 72.8 Å². The number of ether oxygens (including phenoxy) is 3. The first-order chi connectivity index (χ1) is 22.5. The molecule has 2 aliphatic heterocycles. The van der Waals surface area contributed by atoms with E-state index in [0.717, 1.165) is 32.5 Å². The van der Waals surface area contributed by atoms with Gasteiger partial charge in [0.25, 0.3) is 0 Å². The molecular weight excluding hydrogens is 608 g/mol. The van der Waals surface area contributed by atoms with Gasteiger partial charge in [-0.05, 0) is 53.4 Å². The van der Waals surface area contributed by atoms with E-state index in [2.05, 4.69) is 6.58 Å². The summed E-state index contributed by atoms with van der Waals surface area (Å²) in [5, 5.41) is 2.83. The third-order valence-electron chi connectivity index (χ3n) is 8.20. The number of hydrogen-bond acceptors (Lipinski definition) is 7. The average Bonchev–Trinajstić information content (AvgIpc) is 3.56. The lowest BCUT2D eigenvalue weighted by atomic mass is 9.94. The molecule has 2 aliphatic rings. The van der Waals surface area contributed by atoms with Crippen LogP contribution >= 0.6 is 11.3 Å². The third kappa shape index (κ3) is 5.86. The Bertz CT molecular complexity index is 1960. The summed E-state index contributed by atoms with van der Waals surface area (Å²) in [5.74, 6) is -0.177. The van der Waals surface area contributed by atoms with Crippen LogP contribution in [0.4, 0.5) is 8.78 Å². The maximum Gasteiger partial charge on any atom is 0.246 e. The minimum Gasteiger partial charge on any atom is -0.493 e. The third-order valence-corrected chi connectivity index (χ3v) is 9.13. The van der Waals surface area contributed by atoms with E-state index < -0.39 is 11.6 Å². The normalized spacial score (nSPS) is 15.2. The fourth-order valence-corrected chi connectivity index (χ4v) is 6.94. The Morgan fingerprint density at radius 2 is 1.63 bits per heavy atom. The Morgan fingerprint density at radius 1 is 0.913 bits per heavy atom. The van der Waals surface area contributed by atoms with E-state index in [0.29, 0.717) is 92.8 Å². The molecule has 0 saturated heterocycles. The van der Waals surface area contributed by atoms with Crippen LogP contribution < -0.4 is 9.47 Å². The monoisotopic (exact) mass is 639 g/mol. The number of thiophene rings is 1. The van der Waals surface area contributed by atoms with Gasteiger partial charge in [0.05, 0.1) is 24.6 Å². The number of carbonyl (C=O) groups is 1. The van der Waals surface area contributed by atoms with E-state index in [9.17, 15) is 13.6 Å². The molecule has 0 unspecified atom stereocenters. The molecule has 5 aromatic rings. The summed E-state index contributed by atoms with van der Waals surface area (Å²) in [4.78, 5) is 24.3. The molecule has 0 N–H and O–H groups in total. The van der Waals surface area contributed by atoms with Crippen LogP contribution in [0.1, 0.15) is 24.1 Å². The zero-order valence-corrected chi connectivity index (χ0v) is 25.9. The fourth-order valence-electron chi connectivity index (χ4n) is 5.98. The van der Waals surface area contributed by atoms with Gasteiger partial charge in [-0.2, -0.15) is 0 Å². The van der Waals surface area contributed by atoms with Gasteiger partial charge < -0.3 is 19.1 Å². The second-order valence-electron chi connectivity index (χ2n) is 11.2. The van der Waals surface area contributed by atoms with Gasteiger partial charge >= 0.3 is 0 Å². The number of hydrogen-bond donors (Lipinski definition) is 0. The smallest absolute Gasteiger partial charge is 0.246 e. The minimum absolute atomic E-state index is 0.136. The van der Waals surface area contributed by atoms with Gasteiger partial charge in [-0.1, -0.05) is 6.58 Å². The predicted molar refractivity (Wildman–Crippen MR) is 174 cm³/mol. The molecule has 0 saturated carbocycles. The molecule has 0 fully saturated rings. The maximum absolute atomic E-state index is 14.7. The molecule has 1 amide bonds. The maximum atomic E-state index is 14.7. The predicted octanol–water partition coefficient (Wildman–Crippen LogP) is 7.61. The summed E-state index contributed by atoms with van der Waals surface area (Å²) in [5.41, 5.74) is 5.89. The van der Waals surface area contributed by atoms with Crippen molar-refractivity contribution in [2.75, 3.05) is 33.0 Å². The van der Waals surface area contributed by atoms with Crippen LogP contribution in [0.2, 0.25) is 0 Å². The van der Waals surface area contributed by atoms with E-state index >= 15 is 0 Å². The van der Waals surface area contributed by atoms with E-state index in [1.165, 1.54) is 41.7 Å². The number of amides is 1. The molecule has 2 bridgehead atoms. The number of benzene rings is 2. The first-order valence-electron chi connectivity index (χ1n) is 15.2. The lowest BCUT2D eigenvalue weighted by Gasteiger charge is -2.27.